The number of aromatic nitrogens is 1. The Balaban J connectivity index is 1.45. The fraction of sp³-hybridized carbons (Fsp3) is 0.200. The summed E-state index contributed by atoms with van der Waals surface area (Å²) in [4.78, 5) is 16.6. The Bertz CT molecular complexity index is 928. The van der Waals surface area contributed by atoms with E-state index in [1.807, 2.05) is 48.7 Å². The van der Waals surface area contributed by atoms with Crippen LogP contribution in [0, 0.1) is 6.92 Å². The number of aryl methyl sites for hydroxylation is 1. The van der Waals surface area contributed by atoms with Gasteiger partial charge in [0.05, 0.1) is 12.3 Å². The Morgan fingerprint density at radius 2 is 2.04 bits per heavy atom. The van der Waals surface area contributed by atoms with Gasteiger partial charge in [0.15, 0.2) is 5.13 Å². The first kappa shape index (κ1) is 19.9. The third-order valence-corrected chi connectivity index (χ3v) is 5.35. The third kappa shape index (κ3) is 5.79. The lowest BCUT2D eigenvalue weighted by Gasteiger charge is -2.09. The second kappa shape index (κ2) is 9.35. The minimum Gasteiger partial charge on any atom is -0.493 e. The minimum atomic E-state index is -0.0665. The van der Waals surface area contributed by atoms with Crippen LogP contribution in [-0.2, 0) is 4.79 Å². The molecule has 3 rings (SSSR count). The second-order valence-electron chi connectivity index (χ2n) is 5.95. The number of benzene rings is 2. The number of hydrogen-bond donors (Lipinski definition) is 1. The monoisotopic (exact) mass is 464 g/mol. The molecule has 0 atom stereocenters. The molecule has 1 heterocycles. The molecule has 4 nitrogen and oxygen atoms in total. The topological polar surface area (TPSA) is 51.2 Å². The van der Waals surface area contributed by atoms with Gasteiger partial charge in [0.25, 0.3) is 0 Å². The molecule has 0 spiro atoms. The summed E-state index contributed by atoms with van der Waals surface area (Å²) in [6.07, 6.45) is 0.999. The van der Waals surface area contributed by atoms with Gasteiger partial charge in [-0.2, -0.15) is 0 Å². The summed E-state index contributed by atoms with van der Waals surface area (Å²) < 4.78 is 6.73. The van der Waals surface area contributed by atoms with Crippen molar-refractivity contribution in [3.63, 3.8) is 0 Å². The van der Waals surface area contributed by atoms with Crippen LogP contribution in [0.1, 0.15) is 18.4 Å². The molecule has 0 bridgehead atoms. The molecule has 1 aromatic heterocycles. The molecule has 27 heavy (non-hydrogen) atoms. The van der Waals surface area contributed by atoms with E-state index in [1.165, 1.54) is 11.3 Å². The second-order valence-corrected chi connectivity index (χ2v) is 8.17. The van der Waals surface area contributed by atoms with E-state index in [0.717, 1.165) is 27.0 Å². The smallest absolute Gasteiger partial charge is 0.226 e. The highest BCUT2D eigenvalue weighted by atomic mass is 79.9. The standard InChI is InChI=1S/C20H18BrClN2O2S/c1-13-11-16(22)8-9-18(13)26-10-2-3-19(25)24-20-23-17(12-27-20)14-4-6-15(21)7-5-14/h4-9,11-12H,2-3,10H2,1H3,(H,23,24,25). The molecular weight excluding hydrogens is 448 g/mol. The summed E-state index contributed by atoms with van der Waals surface area (Å²) in [7, 11) is 0. The molecule has 2 aromatic carbocycles. The first-order valence-corrected chi connectivity index (χ1v) is 10.5. The largest absolute Gasteiger partial charge is 0.493 e. The van der Waals surface area contributed by atoms with Crippen LogP contribution in [0.5, 0.6) is 5.75 Å². The lowest BCUT2D eigenvalue weighted by Crippen LogP contribution is -2.12. The number of thiazole rings is 1. The Morgan fingerprint density at radius 3 is 2.78 bits per heavy atom. The van der Waals surface area contributed by atoms with Gasteiger partial charge in [-0.15, -0.1) is 11.3 Å². The van der Waals surface area contributed by atoms with Crippen molar-refractivity contribution in [3.05, 3.63) is 62.9 Å². The van der Waals surface area contributed by atoms with Crippen LogP contribution < -0.4 is 10.1 Å². The molecule has 0 aliphatic rings. The number of carbonyl (C=O) groups is 1. The van der Waals surface area contributed by atoms with Crippen molar-refractivity contribution < 1.29 is 9.53 Å². The van der Waals surface area contributed by atoms with Crippen LogP contribution >= 0.6 is 38.9 Å². The van der Waals surface area contributed by atoms with Crippen LogP contribution in [0.3, 0.4) is 0 Å². The zero-order valence-corrected chi connectivity index (χ0v) is 17.8. The van der Waals surface area contributed by atoms with Crippen LogP contribution in [0.15, 0.2) is 52.3 Å². The highest BCUT2D eigenvalue weighted by Crippen LogP contribution is 2.26. The Hall–Kier alpha value is -1.89. The number of anilines is 1. The van der Waals surface area contributed by atoms with Crippen LogP contribution in [-0.4, -0.2) is 17.5 Å². The third-order valence-electron chi connectivity index (χ3n) is 3.83. The number of rotatable bonds is 7. The van der Waals surface area contributed by atoms with Crippen molar-refractivity contribution in [1.82, 2.24) is 4.98 Å². The van der Waals surface area contributed by atoms with Gasteiger partial charge in [-0.3, -0.25) is 4.79 Å². The summed E-state index contributed by atoms with van der Waals surface area (Å²) >= 11 is 10.8. The van der Waals surface area contributed by atoms with Crippen molar-refractivity contribution in [1.29, 1.82) is 0 Å². The molecule has 0 saturated heterocycles. The van der Waals surface area contributed by atoms with Crippen LogP contribution in [0.2, 0.25) is 5.02 Å². The maximum atomic E-state index is 12.1. The summed E-state index contributed by atoms with van der Waals surface area (Å²) in [5, 5.41) is 6.07. The zero-order valence-electron chi connectivity index (χ0n) is 14.7. The normalized spacial score (nSPS) is 10.6. The van der Waals surface area contributed by atoms with E-state index in [4.69, 9.17) is 16.3 Å². The predicted molar refractivity (Wildman–Crippen MR) is 115 cm³/mol. The van der Waals surface area contributed by atoms with Gasteiger partial charge in [0, 0.05) is 26.9 Å². The van der Waals surface area contributed by atoms with E-state index in [9.17, 15) is 4.79 Å². The number of ether oxygens (including phenoxy) is 1. The average Bonchev–Trinajstić information content (AvgIpc) is 3.09. The maximum absolute atomic E-state index is 12.1. The van der Waals surface area contributed by atoms with Crippen LogP contribution in [0.25, 0.3) is 11.3 Å². The van der Waals surface area contributed by atoms with E-state index >= 15 is 0 Å². The van der Waals surface area contributed by atoms with Crippen LogP contribution in [0.4, 0.5) is 5.13 Å². The Kier molecular flexibility index (Phi) is 6.88. The molecule has 1 N–H and O–H groups in total. The van der Waals surface area contributed by atoms with Gasteiger partial charge < -0.3 is 10.1 Å². The highest BCUT2D eigenvalue weighted by molar-refractivity contribution is 9.10. The number of nitrogens with one attached hydrogen (secondary N) is 1. The molecule has 1 amide bonds. The van der Waals surface area contributed by atoms with E-state index in [1.54, 1.807) is 6.07 Å². The van der Waals surface area contributed by atoms with Gasteiger partial charge in [0.2, 0.25) is 5.91 Å². The van der Waals surface area contributed by atoms with E-state index in [-0.39, 0.29) is 5.91 Å². The number of nitrogens with zero attached hydrogens (tertiary/aromatic N) is 1. The highest BCUT2D eigenvalue weighted by Gasteiger charge is 2.08. The molecule has 0 aliphatic carbocycles. The summed E-state index contributed by atoms with van der Waals surface area (Å²) in [5.41, 5.74) is 2.85. The van der Waals surface area contributed by atoms with Gasteiger partial charge in [-0.1, -0.05) is 39.7 Å². The molecule has 0 radical (unpaired) electrons. The number of hydrogen-bond acceptors (Lipinski definition) is 4. The van der Waals surface area contributed by atoms with E-state index in [0.29, 0.717) is 29.6 Å². The average molecular weight is 466 g/mol. The van der Waals surface area contributed by atoms with E-state index in [2.05, 4.69) is 26.2 Å². The summed E-state index contributed by atoms with van der Waals surface area (Å²) in [6, 6.07) is 13.4. The fourth-order valence-corrected chi connectivity index (χ4v) is 3.68. The molecular formula is C20H18BrClN2O2S. The fourth-order valence-electron chi connectivity index (χ4n) is 2.46. The molecule has 140 valence electrons. The minimum absolute atomic E-state index is 0.0665. The van der Waals surface area contributed by atoms with E-state index < -0.39 is 0 Å². The molecule has 0 saturated carbocycles. The zero-order chi connectivity index (χ0) is 19.2. The first-order chi connectivity index (χ1) is 13.0. The van der Waals surface area contributed by atoms with Crippen molar-refractivity contribution in [2.45, 2.75) is 19.8 Å². The summed E-state index contributed by atoms with van der Waals surface area (Å²) in [5.74, 6) is 0.724. The van der Waals surface area contributed by atoms with Gasteiger partial charge in [-0.05, 0) is 49.2 Å². The molecule has 0 aliphatic heterocycles. The SMILES string of the molecule is Cc1cc(Cl)ccc1OCCCC(=O)Nc1nc(-c2ccc(Br)cc2)cs1. The molecule has 7 heteroatoms. The Morgan fingerprint density at radius 1 is 1.26 bits per heavy atom. The van der Waals surface area contributed by atoms with Crippen molar-refractivity contribution in [2.75, 3.05) is 11.9 Å². The molecule has 0 unspecified atom stereocenters. The number of halogens is 2. The number of amides is 1. The predicted octanol–water partition coefficient (Wildman–Crippen LogP) is 6.33. The lowest BCUT2D eigenvalue weighted by atomic mass is 10.2. The summed E-state index contributed by atoms with van der Waals surface area (Å²) in [6.45, 7) is 2.41. The van der Waals surface area contributed by atoms with Gasteiger partial charge >= 0.3 is 0 Å². The Labute approximate surface area is 175 Å². The number of carbonyl (C=O) groups excluding carboxylic acids is 1. The maximum Gasteiger partial charge on any atom is 0.226 e. The lowest BCUT2D eigenvalue weighted by molar-refractivity contribution is -0.116. The molecule has 3 aromatic rings. The van der Waals surface area contributed by atoms with Crippen molar-refractivity contribution in [3.8, 4) is 17.0 Å². The van der Waals surface area contributed by atoms with Gasteiger partial charge in [-0.25, -0.2) is 4.98 Å². The van der Waals surface area contributed by atoms with Crippen molar-refractivity contribution >= 4 is 49.9 Å². The first-order valence-electron chi connectivity index (χ1n) is 8.41. The van der Waals surface area contributed by atoms with Crippen molar-refractivity contribution in [2.24, 2.45) is 0 Å². The quantitative estimate of drug-likeness (QED) is 0.415. The van der Waals surface area contributed by atoms with Gasteiger partial charge in [0.1, 0.15) is 5.75 Å². The molecule has 0 fully saturated rings.